The van der Waals surface area contributed by atoms with Crippen LogP contribution in [0.15, 0.2) is 66.0 Å². The molecule has 4 rings (SSSR count). The van der Waals surface area contributed by atoms with E-state index in [2.05, 4.69) is 25.2 Å². The molecule has 0 bridgehead atoms. The molecular weight excluding hydrogens is 388 g/mol. The largest absolute Gasteiger partial charge is 0.354 e. The van der Waals surface area contributed by atoms with Gasteiger partial charge in [-0.05, 0) is 31.2 Å². The van der Waals surface area contributed by atoms with Crippen molar-refractivity contribution in [3.8, 4) is 0 Å². The first-order valence-electron chi connectivity index (χ1n) is 9.34. The molecule has 1 N–H and O–H groups in total. The second kappa shape index (κ2) is 8.14. The van der Waals surface area contributed by atoms with Gasteiger partial charge >= 0.3 is 0 Å². The Kier molecular flexibility index (Phi) is 5.41. The summed E-state index contributed by atoms with van der Waals surface area (Å²) in [6.45, 7) is 3.87. The fourth-order valence-electron chi connectivity index (χ4n) is 3.17. The van der Waals surface area contributed by atoms with Gasteiger partial charge in [-0.15, -0.1) is 0 Å². The van der Waals surface area contributed by atoms with Crippen molar-refractivity contribution in [2.24, 2.45) is 0 Å². The summed E-state index contributed by atoms with van der Waals surface area (Å²) in [7, 11) is -3.48. The Morgan fingerprint density at radius 1 is 0.897 bits per heavy atom. The standard InChI is InChI=1S/C20H22N6O2S/c1-16-5-7-17(8-6-16)29(27,28)26-12-10-25(11-13-26)20-14-19(22-15-23-20)24-18-4-2-3-9-21-18/h2-9,14-15H,10-13H2,1H3,(H,21,22,23,24). The maximum absolute atomic E-state index is 12.9. The van der Waals surface area contributed by atoms with Crippen LogP contribution in [-0.2, 0) is 10.0 Å². The molecule has 3 heterocycles. The number of benzene rings is 1. The van der Waals surface area contributed by atoms with Crippen molar-refractivity contribution in [3.05, 3.63) is 66.6 Å². The molecule has 29 heavy (non-hydrogen) atoms. The number of nitrogens with one attached hydrogen (secondary N) is 1. The van der Waals surface area contributed by atoms with E-state index in [4.69, 9.17) is 0 Å². The number of aromatic nitrogens is 3. The predicted octanol–water partition coefficient (Wildman–Crippen LogP) is 2.43. The van der Waals surface area contributed by atoms with Gasteiger partial charge in [0.2, 0.25) is 10.0 Å². The van der Waals surface area contributed by atoms with Crippen LogP contribution in [0.1, 0.15) is 5.56 Å². The zero-order valence-electron chi connectivity index (χ0n) is 16.1. The number of nitrogens with zero attached hydrogens (tertiary/aromatic N) is 5. The third kappa shape index (κ3) is 4.36. The maximum atomic E-state index is 12.9. The van der Waals surface area contributed by atoms with Crippen molar-refractivity contribution in [1.29, 1.82) is 0 Å². The average Bonchev–Trinajstić information content (AvgIpc) is 2.75. The molecule has 150 valence electrons. The molecule has 8 nitrogen and oxygen atoms in total. The number of hydrogen-bond acceptors (Lipinski definition) is 7. The van der Waals surface area contributed by atoms with Crippen LogP contribution in [0.3, 0.4) is 0 Å². The maximum Gasteiger partial charge on any atom is 0.243 e. The fraction of sp³-hybridized carbons (Fsp3) is 0.250. The molecule has 1 aromatic carbocycles. The minimum absolute atomic E-state index is 0.334. The number of anilines is 3. The Balaban J connectivity index is 1.43. The lowest BCUT2D eigenvalue weighted by molar-refractivity contribution is 0.384. The van der Waals surface area contributed by atoms with Gasteiger partial charge < -0.3 is 10.2 Å². The van der Waals surface area contributed by atoms with Gasteiger partial charge in [-0.1, -0.05) is 23.8 Å². The highest BCUT2D eigenvalue weighted by molar-refractivity contribution is 7.89. The van der Waals surface area contributed by atoms with E-state index < -0.39 is 10.0 Å². The number of hydrogen-bond donors (Lipinski definition) is 1. The minimum atomic E-state index is -3.48. The van der Waals surface area contributed by atoms with E-state index in [1.165, 1.54) is 10.6 Å². The summed E-state index contributed by atoms with van der Waals surface area (Å²) >= 11 is 0. The van der Waals surface area contributed by atoms with Crippen LogP contribution in [-0.4, -0.2) is 53.9 Å². The Labute approximate surface area is 170 Å². The molecule has 2 aromatic heterocycles. The van der Waals surface area contributed by atoms with Crippen molar-refractivity contribution in [2.45, 2.75) is 11.8 Å². The molecule has 1 fully saturated rings. The van der Waals surface area contributed by atoms with Crippen molar-refractivity contribution in [3.63, 3.8) is 0 Å². The van der Waals surface area contributed by atoms with Crippen LogP contribution in [0.2, 0.25) is 0 Å². The van der Waals surface area contributed by atoms with Gasteiger partial charge in [0.25, 0.3) is 0 Å². The SMILES string of the molecule is Cc1ccc(S(=O)(=O)N2CCN(c3cc(Nc4ccccn4)ncn3)CC2)cc1. The number of pyridine rings is 1. The van der Waals surface area contributed by atoms with Crippen LogP contribution in [0.5, 0.6) is 0 Å². The van der Waals surface area contributed by atoms with E-state index >= 15 is 0 Å². The molecular formula is C20H22N6O2S. The van der Waals surface area contributed by atoms with Crippen LogP contribution in [0, 0.1) is 6.92 Å². The Morgan fingerprint density at radius 2 is 1.66 bits per heavy atom. The van der Waals surface area contributed by atoms with Crippen LogP contribution in [0.4, 0.5) is 17.5 Å². The van der Waals surface area contributed by atoms with Gasteiger partial charge in [-0.2, -0.15) is 4.31 Å². The number of sulfonamides is 1. The molecule has 0 saturated carbocycles. The average molecular weight is 411 g/mol. The monoisotopic (exact) mass is 410 g/mol. The lowest BCUT2D eigenvalue weighted by Gasteiger charge is -2.34. The first kappa shape index (κ1) is 19.3. The van der Waals surface area contributed by atoms with Crippen LogP contribution < -0.4 is 10.2 Å². The van der Waals surface area contributed by atoms with E-state index in [-0.39, 0.29) is 0 Å². The van der Waals surface area contributed by atoms with Crippen molar-refractivity contribution in [1.82, 2.24) is 19.3 Å². The van der Waals surface area contributed by atoms with Gasteiger partial charge in [0, 0.05) is 38.4 Å². The highest BCUT2D eigenvalue weighted by atomic mass is 32.2. The molecule has 0 radical (unpaired) electrons. The Bertz CT molecular complexity index is 1070. The second-order valence-electron chi connectivity index (χ2n) is 6.81. The van der Waals surface area contributed by atoms with E-state index in [1.807, 2.05) is 43.3 Å². The quantitative estimate of drug-likeness (QED) is 0.691. The topological polar surface area (TPSA) is 91.3 Å². The van der Waals surface area contributed by atoms with E-state index in [0.29, 0.717) is 42.7 Å². The first-order chi connectivity index (χ1) is 14.0. The van der Waals surface area contributed by atoms with Crippen molar-refractivity contribution < 1.29 is 8.42 Å². The smallest absolute Gasteiger partial charge is 0.243 e. The highest BCUT2D eigenvalue weighted by Crippen LogP contribution is 2.22. The molecule has 9 heteroatoms. The number of aryl methyl sites for hydroxylation is 1. The molecule has 3 aromatic rings. The van der Waals surface area contributed by atoms with Gasteiger partial charge in [0.15, 0.2) is 0 Å². The lowest BCUT2D eigenvalue weighted by Crippen LogP contribution is -2.48. The molecule has 1 aliphatic rings. The Morgan fingerprint density at radius 3 is 2.34 bits per heavy atom. The van der Waals surface area contributed by atoms with Crippen molar-refractivity contribution >= 4 is 27.5 Å². The van der Waals surface area contributed by atoms with Crippen LogP contribution >= 0.6 is 0 Å². The third-order valence-electron chi connectivity index (χ3n) is 4.80. The van der Waals surface area contributed by atoms with Gasteiger partial charge in [0.1, 0.15) is 23.8 Å². The number of rotatable bonds is 5. The summed E-state index contributed by atoms with van der Waals surface area (Å²) in [6, 6.07) is 14.4. The summed E-state index contributed by atoms with van der Waals surface area (Å²) in [5, 5.41) is 3.15. The lowest BCUT2D eigenvalue weighted by atomic mass is 10.2. The predicted molar refractivity (Wildman–Crippen MR) is 112 cm³/mol. The summed E-state index contributed by atoms with van der Waals surface area (Å²) in [5.74, 6) is 2.10. The normalized spacial score (nSPS) is 15.3. The Hall–Kier alpha value is -3.04. The molecule has 0 amide bonds. The fourth-order valence-corrected chi connectivity index (χ4v) is 4.60. The summed E-state index contributed by atoms with van der Waals surface area (Å²) in [4.78, 5) is 15.2. The summed E-state index contributed by atoms with van der Waals surface area (Å²) in [5.41, 5.74) is 1.03. The first-order valence-corrected chi connectivity index (χ1v) is 10.8. The minimum Gasteiger partial charge on any atom is -0.354 e. The molecule has 0 unspecified atom stereocenters. The number of piperazine rings is 1. The molecule has 1 saturated heterocycles. The molecule has 0 aliphatic carbocycles. The summed E-state index contributed by atoms with van der Waals surface area (Å²) in [6.07, 6.45) is 3.20. The van der Waals surface area contributed by atoms with Gasteiger partial charge in [-0.3, -0.25) is 0 Å². The zero-order valence-corrected chi connectivity index (χ0v) is 16.9. The molecule has 0 spiro atoms. The highest BCUT2D eigenvalue weighted by Gasteiger charge is 2.28. The van der Waals surface area contributed by atoms with Gasteiger partial charge in [-0.25, -0.2) is 23.4 Å². The third-order valence-corrected chi connectivity index (χ3v) is 6.71. The van der Waals surface area contributed by atoms with E-state index in [1.54, 1.807) is 18.3 Å². The second-order valence-corrected chi connectivity index (χ2v) is 8.74. The molecule has 0 atom stereocenters. The van der Waals surface area contributed by atoms with Crippen molar-refractivity contribution in [2.75, 3.05) is 36.4 Å². The van der Waals surface area contributed by atoms with E-state index in [0.717, 1.165) is 11.4 Å². The van der Waals surface area contributed by atoms with Crippen LogP contribution in [0.25, 0.3) is 0 Å². The molecule has 1 aliphatic heterocycles. The van der Waals surface area contributed by atoms with E-state index in [9.17, 15) is 8.42 Å². The zero-order chi connectivity index (χ0) is 20.3. The van der Waals surface area contributed by atoms with Gasteiger partial charge in [0.05, 0.1) is 4.90 Å². The summed E-state index contributed by atoms with van der Waals surface area (Å²) < 4.78 is 27.3.